The van der Waals surface area contributed by atoms with E-state index in [1.165, 1.54) is 5.56 Å². The lowest BCUT2D eigenvalue weighted by molar-refractivity contribution is -0.134. The van der Waals surface area contributed by atoms with E-state index >= 15 is 0 Å². The number of benzene rings is 2. The van der Waals surface area contributed by atoms with Crippen molar-refractivity contribution in [3.8, 4) is 22.4 Å². The fourth-order valence-corrected chi connectivity index (χ4v) is 5.74. The summed E-state index contributed by atoms with van der Waals surface area (Å²) in [4.78, 5) is 32.3. The Balaban J connectivity index is 1.26. The second-order valence-electron chi connectivity index (χ2n) is 12.5. The van der Waals surface area contributed by atoms with Crippen LogP contribution in [0.4, 0.5) is 5.69 Å². The van der Waals surface area contributed by atoms with Crippen LogP contribution in [0.3, 0.4) is 0 Å². The molecule has 0 aliphatic heterocycles. The van der Waals surface area contributed by atoms with E-state index in [2.05, 4.69) is 62.5 Å². The van der Waals surface area contributed by atoms with Crippen LogP contribution >= 0.6 is 0 Å². The molecule has 5 nitrogen and oxygen atoms in total. The van der Waals surface area contributed by atoms with Crippen LogP contribution < -0.4 is 5.32 Å². The number of anilines is 1. The van der Waals surface area contributed by atoms with Crippen LogP contribution in [0.1, 0.15) is 71.3 Å². The quantitative estimate of drug-likeness (QED) is 0.349. The first-order chi connectivity index (χ1) is 18.7. The second kappa shape index (κ2) is 11.3. The van der Waals surface area contributed by atoms with Crippen LogP contribution in [0, 0.1) is 11.8 Å². The van der Waals surface area contributed by atoms with Gasteiger partial charge in [0.1, 0.15) is 0 Å². The Bertz CT molecular complexity index is 1300. The van der Waals surface area contributed by atoms with E-state index < -0.39 is 0 Å². The number of aromatic nitrogens is 1. The summed E-state index contributed by atoms with van der Waals surface area (Å²) in [5.41, 5.74) is 6.12. The molecule has 5 heteroatoms. The molecule has 5 rings (SSSR count). The minimum absolute atomic E-state index is 0.0314. The van der Waals surface area contributed by atoms with Crippen molar-refractivity contribution in [3.63, 3.8) is 0 Å². The highest BCUT2D eigenvalue weighted by Gasteiger charge is 2.36. The number of hydrogen-bond donors (Lipinski definition) is 1. The molecule has 2 aromatic carbocycles. The van der Waals surface area contributed by atoms with Crippen LogP contribution in [0.2, 0.25) is 0 Å². The molecule has 0 radical (unpaired) electrons. The molecule has 0 spiro atoms. The van der Waals surface area contributed by atoms with E-state index in [1.54, 1.807) is 6.20 Å². The molecule has 0 bridgehead atoms. The molecule has 2 amide bonds. The molecule has 1 heterocycles. The number of carbonyl (C=O) groups is 2. The second-order valence-corrected chi connectivity index (χ2v) is 12.5. The predicted molar refractivity (Wildman–Crippen MR) is 158 cm³/mol. The van der Waals surface area contributed by atoms with Crippen molar-refractivity contribution >= 4 is 17.5 Å². The van der Waals surface area contributed by atoms with Gasteiger partial charge in [-0.05, 0) is 67.1 Å². The molecule has 2 aliphatic rings. The maximum Gasteiger partial charge on any atom is 0.225 e. The van der Waals surface area contributed by atoms with Gasteiger partial charge in [0.15, 0.2) is 0 Å². The number of rotatable bonds is 7. The molecule has 204 valence electrons. The minimum Gasteiger partial charge on any atom is -0.343 e. The third-order valence-electron chi connectivity index (χ3n) is 8.39. The summed E-state index contributed by atoms with van der Waals surface area (Å²) in [5.74, 6) is 0.963. The summed E-state index contributed by atoms with van der Waals surface area (Å²) in [6.07, 6.45) is 8.30. The first-order valence-electron chi connectivity index (χ1n) is 14.4. The molecule has 0 atom stereocenters. The van der Waals surface area contributed by atoms with Crippen molar-refractivity contribution < 1.29 is 9.59 Å². The Morgan fingerprint density at radius 3 is 2.18 bits per heavy atom. The zero-order chi connectivity index (χ0) is 27.6. The van der Waals surface area contributed by atoms with Gasteiger partial charge in [0.25, 0.3) is 0 Å². The zero-order valence-corrected chi connectivity index (χ0v) is 23.7. The summed E-state index contributed by atoms with van der Waals surface area (Å²) < 4.78 is 0. The largest absolute Gasteiger partial charge is 0.343 e. The van der Waals surface area contributed by atoms with Crippen molar-refractivity contribution in [1.29, 1.82) is 0 Å². The highest BCUT2D eigenvalue weighted by atomic mass is 16.2. The molecule has 0 unspecified atom stereocenters. The highest BCUT2D eigenvalue weighted by Crippen LogP contribution is 2.36. The third kappa shape index (κ3) is 6.58. The number of carbonyl (C=O) groups excluding carboxylic acids is 2. The summed E-state index contributed by atoms with van der Waals surface area (Å²) >= 11 is 0. The number of pyridine rings is 1. The van der Waals surface area contributed by atoms with Gasteiger partial charge in [0.2, 0.25) is 11.8 Å². The first kappa shape index (κ1) is 27.1. The minimum atomic E-state index is 0.0314. The maximum absolute atomic E-state index is 13.0. The summed E-state index contributed by atoms with van der Waals surface area (Å²) in [6.45, 7) is 6.65. The zero-order valence-electron chi connectivity index (χ0n) is 23.7. The van der Waals surface area contributed by atoms with Gasteiger partial charge in [-0.3, -0.25) is 14.6 Å². The van der Waals surface area contributed by atoms with Crippen LogP contribution in [-0.2, 0) is 15.0 Å². The molecule has 39 heavy (non-hydrogen) atoms. The van der Waals surface area contributed by atoms with Crippen LogP contribution in [-0.4, -0.2) is 34.8 Å². The van der Waals surface area contributed by atoms with E-state index in [0.29, 0.717) is 24.3 Å². The smallest absolute Gasteiger partial charge is 0.225 e. The first-order valence-corrected chi connectivity index (χ1v) is 14.4. The Labute approximate surface area is 233 Å². The Morgan fingerprint density at radius 2 is 1.56 bits per heavy atom. The summed E-state index contributed by atoms with van der Waals surface area (Å²) in [7, 11) is 1.96. The normalized spacial score (nSPS) is 19.4. The van der Waals surface area contributed by atoms with Crippen molar-refractivity contribution in [2.45, 2.75) is 77.2 Å². The van der Waals surface area contributed by atoms with Gasteiger partial charge >= 0.3 is 0 Å². The van der Waals surface area contributed by atoms with E-state index in [4.69, 9.17) is 4.98 Å². The summed E-state index contributed by atoms with van der Waals surface area (Å²) in [5, 5.41) is 3.12. The lowest BCUT2D eigenvalue weighted by Gasteiger charge is -2.34. The monoisotopic (exact) mass is 523 g/mol. The summed E-state index contributed by atoms with van der Waals surface area (Å²) in [6, 6.07) is 21.2. The van der Waals surface area contributed by atoms with Crippen LogP contribution in [0.15, 0.2) is 66.9 Å². The SMILES string of the molecule is CN(C(=O)C1CC1)C1CCC(CC(=O)Nc2cnc(-c3ccc(C(C)(C)C)cc3)c(-c3ccccc3)c2)CC1. The molecule has 2 fully saturated rings. The van der Waals surface area contributed by atoms with Crippen LogP contribution in [0.25, 0.3) is 22.4 Å². The van der Waals surface area contributed by atoms with E-state index in [0.717, 1.165) is 66.6 Å². The topological polar surface area (TPSA) is 62.3 Å². The highest BCUT2D eigenvalue weighted by molar-refractivity contribution is 5.93. The van der Waals surface area contributed by atoms with Gasteiger partial charge in [-0.2, -0.15) is 0 Å². The van der Waals surface area contributed by atoms with Gasteiger partial charge in [0, 0.05) is 36.6 Å². The Hall–Kier alpha value is -3.47. The fourth-order valence-electron chi connectivity index (χ4n) is 5.74. The molecular formula is C34H41N3O2. The molecule has 3 aromatic rings. The van der Waals surface area contributed by atoms with Gasteiger partial charge in [-0.25, -0.2) is 0 Å². The molecule has 2 aliphatic carbocycles. The molecular weight excluding hydrogens is 482 g/mol. The predicted octanol–water partition coefficient (Wildman–Crippen LogP) is 7.47. The van der Waals surface area contributed by atoms with Crippen molar-refractivity contribution in [3.05, 3.63) is 72.4 Å². The van der Waals surface area contributed by atoms with Gasteiger partial charge in [0.05, 0.1) is 17.6 Å². The maximum atomic E-state index is 13.0. The average Bonchev–Trinajstić information content (AvgIpc) is 3.78. The van der Waals surface area contributed by atoms with Crippen molar-refractivity contribution in [2.75, 3.05) is 12.4 Å². The molecule has 1 N–H and O–H groups in total. The third-order valence-corrected chi connectivity index (χ3v) is 8.39. The number of hydrogen-bond acceptors (Lipinski definition) is 3. The molecule has 0 saturated heterocycles. The van der Waals surface area contributed by atoms with E-state index in [1.807, 2.05) is 36.2 Å². The average molecular weight is 524 g/mol. The van der Waals surface area contributed by atoms with Crippen molar-refractivity contribution in [1.82, 2.24) is 9.88 Å². The van der Waals surface area contributed by atoms with Crippen molar-refractivity contribution in [2.24, 2.45) is 11.8 Å². The van der Waals surface area contributed by atoms with E-state index in [9.17, 15) is 9.59 Å². The Kier molecular flexibility index (Phi) is 7.88. The van der Waals surface area contributed by atoms with Crippen LogP contribution in [0.5, 0.6) is 0 Å². The fraction of sp³-hybridized carbons (Fsp3) is 0.441. The molecule has 1 aromatic heterocycles. The number of amides is 2. The number of nitrogens with zero attached hydrogens (tertiary/aromatic N) is 2. The number of nitrogens with one attached hydrogen (secondary N) is 1. The lowest BCUT2D eigenvalue weighted by Crippen LogP contribution is -2.40. The van der Waals surface area contributed by atoms with E-state index in [-0.39, 0.29) is 17.2 Å². The van der Waals surface area contributed by atoms with Gasteiger partial charge < -0.3 is 10.2 Å². The lowest BCUT2D eigenvalue weighted by atomic mass is 9.83. The van der Waals surface area contributed by atoms with Gasteiger partial charge in [-0.15, -0.1) is 0 Å². The Morgan fingerprint density at radius 1 is 0.897 bits per heavy atom. The molecule has 2 saturated carbocycles. The van der Waals surface area contributed by atoms with Gasteiger partial charge in [-0.1, -0.05) is 75.4 Å². The standard InChI is InChI=1S/C34H41N3O2/c1-34(2,3)27-16-14-25(15-17-27)32-30(24-8-6-5-7-9-24)21-28(22-35-32)36-31(38)20-23-10-18-29(19-11-23)37(4)33(39)26-12-13-26/h5-9,14-17,21-23,26,29H,10-13,18-20H2,1-4H3,(H,36,38).